The summed E-state index contributed by atoms with van der Waals surface area (Å²) >= 11 is 0. The molecule has 1 atom stereocenters. The predicted molar refractivity (Wildman–Crippen MR) is 82.4 cm³/mol. The van der Waals surface area contributed by atoms with E-state index in [-0.39, 0.29) is 18.4 Å². The van der Waals surface area contributed by atoms with Gasteiger partial charge < -0.3 is 15.8 Å². The summed E-state index contributed by atoms with van der Waals surface area (Å²) in [5.41, 5.74) is 7.36. The van der Waals surface area contributed by atoms with Crippen LogP contribution in [0.15, 0.2) is 42.6 Å². The number of nitrogens with two attached hydrogens (primary N) is 1. The fourth-order valence-electron chi connectivity index (χ4n) is 1.75. The van der Waals surface area contributed by atoms with Gasteiger partial charge in [-0.15, -0.1) is 0 Å². The third-order valence-electron chi connectivity index (χ3n) is 2.77. The minimum atomic E-state index is -0.165. The van der Waals surface area contributed by atoms with E-state index in [4.69, 9.17) is 10.5 Å². The molecule has 0 radical (unpaired) electrons. The molecule has 1 aromatic heterocycles. The molecular weight excluding hydrogens is 266 g/mol. The van der Waals surface area contributed by atoms with Gasteiger partial charge in [0.15, 0.2) is 0 Å². The van der Waals surface area contributed by atoms with E-state index < -0.39 is 0 Å². The molecule has 0 aliphatic carbocycles. The van der Waals surface area contributed by atoms with Gasteiger partial charge in [-0.2, -0.15) is 0 Å². The Bertz CT molecular complexity index is 592. The molecule has 1 heterocycles. The zero-order valence-corrected chi connectivity index (χ0v) is 12.2. The number of amides is 1. The number of hydrogen-bond donors (Lipinski definition) is 2. The lowest BCUT2D eigenvalue weighted by Crippen LogP contribution is -2.23. The number of carbonyl (C=O) groups is 1. The zero-order valence-electron chi connectivity index (χ0n) is 12.2. The van der Waals surface area contributed by atoms with Crippen molar-refractivity contribution in [3.63, 3.8) is 0 Å². The quantitative estimate of drug-likeness (QED) is 0.885. The molecule has 0 saturated heterocycles. The second kappa shape index (κ2) is 6.85. The molecule has 0 spiro atoms. The number of ether oxygens (including phenoxy) is 1. The van der Waals surface area contributed by atoms with Crippen molar-refractivity contribution >= 4 is 11.6 Å². The number of hydrogen-bond acceptors (Lipinski definition) is 4. The van der Waals surface area contributed by atoms with E-state index in [2.05, 4.69) is 10.3 Å². The Labute approximate surface area is 124 Å². The van der Waals surface area contributed by atoms with Gasteiger partial charge in [0, 0.05) is 18.5 Å². The first-order chi connectivity index (χ1) is 10.0. The first-order valence-corrected chi connectivity index (χ1v) is 6.79. The number of aromatic nitrogens is 1. The van der Waals surface area contributed by atoms with Crippen LogP contribution in [0.4, 0.5) is 5.69 Å². The fraction of sp³-hybridized carbons (Fsp3) is 0.250. The van der Waals surface area contributed by atoms with Crippen LogP contribution < -0.4 is 15.8 Å². The van der Waals surface area contributed by atoms with E-state index >= 15 is 0 Å². The first kappa shape index (κ1) is 15.0. The molecule has 0 aliphatic heterocycles. The van der Waals surface area contributed by atoms with Crippen LogP contribution in [-0.4, -0.2) is 16.9 Å². The van der Waals surface area contributed by atoms with Crippen LogP contribution in [0, 0.1) is 6.92 Å². The SMILES string of the molecule is Cc1ccc(Oc2ccc(NC(=O)CC(C)N)cn2)cc1. The Hall–Kier alpha value is -2.40. The van der Waals surface area contributed by atoms with Crippen LogP contribution in [0.5, 0.6) is 11.6 Å². The summed E-state index contributed by atoms with van der Waals surface area (Å²) in [5.74, 6) is 1.07. The van der Waals surface area contributed by atoms with Crippen molar-refractivity contribution in [3.8, 4) is 11.6 Å². The van der Waals surface area contributed by atoms with Crippen LogP contribution >= 0.6 is 0 Å². The fourth-order valence-corrected chi connectivity index (χ4v) is 1.75. The molecule has 1 unspecified atom stereocenters. The van der Waals surface area contributed by atoms with Crippen LogP contribution in [-0.2, 0) is 4.79 Å². The number of anilines is 1. The Morgan fingerprint density at radius 3 is 2.57 bits per heavy atom. The van der Waals surface area contributed by atoms with Crippen LogP contribution in [0.2, 0.25) is 0 Å². The molecule has 5 heteroatoms. The van der Waals surface area contributed by atoms with Gasteiger partial charge in [0.05, 0.1) is 11.9 Å². The molecule has 0 bridgehead atoms. The van der Waals surface area contributed by atoms with Crippen molar-refractivity contribution in [2.75, 3.05) is 5.32 Å². The first-order valence-electron chi connectivity index (χ1n) is 6.79. The third kappa shape index (κ3) is 4.89. The van der Waals surface area contributed by atoms with Gasteiger partial charge in [-0.3, -0.25) is 4.79 Å². The lowest BCUT2D eigenvalue weighted by atomic mass is 10.2. The third-order valence-corrected chi connectivity index (χ3v) is 2.77. The minimum absolute atomic E-state index is 0.126. The summed E-state index contributed by atoms with van der Waals surface area (Å²) in [6.45, 7) is 3.80. The lowest BCUT2D eigenvalue weighted by Gasteiger charge is -2.08. The molecule has 1 aromatic carbocycles. The van der Waals surface area contributed by atoms with Gasteiger partial charge in [0.1, 0.15) is 5.75 Å². The lowest BCUT2D eigenvalue weighted by molar-refractivity contribution is -0.116. The van der Waals surface area contributed by atoms with Crippen molar-refractivity contribution < 1.29 is 9.53 Å². The number of rotatable bonds is 5. The van der Waals surface area contributed by atoms with Crippen molar-refractivity contribution in [1.82, 2.24) is 4.98 Å². The van der Waals surface area contributed by atoms with Crippen LogP contribution in [0.1, 0.15) is 18.9 Å². The molecule has 0 fully saturated rings. The summed E-state index contributed by atoms with van der Waals surface area (Å²) in [6.07, 6.45) is 1.84. The molecule has 21 heavy (non-hydrogen) atoms. The topological polar surface area (TPSA) is 77.2 Å². The normalized spacial score (nSPS) is 11.8. The molecule has 0 saturated carbocycles. The van der Waals surface area contributed by atoms with Crippen LogP contribution in [0.3, 0.4) is 0 Å². The summed E-state index contributed by atoms with van der Waals surface area (Å²) < 4.78 is 5.61. The molecule has 3 N–H and O–H groups in total. The van der Waals surface area contributed by atoms with E-state index in [1.165, 1.54) is 5.56 Å². The molecular formula is C16H19N3O2. The van der Waals surface area contributed by atoms with Gasteiger partial charge in [-0.25, -0.2) is 4.98 Å². The number of benzene rings is 1. The van der Waals surface area contributed by atoms with Crippen LogP contribution in [0.25, 0.3) is 0 Å². The van der Waals surface area contributed by atoms with E-state index in [9.17, 15) is 4.79 Å². The summed E-state index contributed by atoms with van der Waals surface area (Å²) in [7, 11) is 0. The minimum Gasteiger partial charge on any atom is -0.439 e. The average molecular weight is 285 g/mol. The Morgan fingerprint density at radius 1 is 1.29 bits per heavy atom. The number of nitrogens with zero attached hydrogens (tertiary/aromatic N) is 1. The molecule has 0 aliphatic rings. The number of pyridine rings is 1. The van der Waals surface area contributed by atoms with Crippen molar-refractivity contribution in [2.45, 2.75) is 26.3 Å². The maximum atomic E-state index is 11.6. The maximum absolute atomic E-state index is 11.6. The van der Waals surface area contributed by atoms with Crippen molar-refractivity contribution in [1.29, 1.82) is 0 Å². The van der Waals surface area contributed by atoms with Crippen molar-refractivity contribution in [3.05, 3.63) is 48.2 Å². The Morgan fingerprint density at radius 2 is 2.00 bits per heavy atom. The van der Waals surface area contributed by atoms with E-state index in [1.807, 2.05) is 31.2 Å². The van der Waals surface area contributed by atoms with Gasteiger partial charge in [0.25, 0.3) is 0 Å². The summed E-state index contributed by atoms with van der Waals surface area (Å²) in [6, 6.07) is 11.0. The number of carbonyl (C=O) groups excluding carboxylic acids is 1. The molecule has 5 nitrogen and oxygen atoms in total. The molecule has 2 aromatic rings. The smallest absolute Gasteiger partial charge is 0.225 e. The highest BCUT2D eigenvalue weighted by atomic mass is 16.5. The van der Waals surface area contributed by atoms with Gasteiger partial charge in [-0.05, 0) is 32.0 Å². The number of nitrogens with one attached hydrogen (secondary N) is 1. The summed E-state index contributed by atoms with van der Waals surface area (Å²) in [5, 5.41) is 2.73. The largest absolute Gasteiger partial charge is 0.439 e. The van der Waals surface area contributed by atoms with Gasteiger partial charge in [-0.1, -0.05) is 17.7 Å². The Kier molecular flexibility index (Phi) is 4.90. The second-order valence-electron chi connectivity index (χ2n) is 5.03. The van der Waals surface area contributed by atoms with E-state index in [1.54, 1.807) is 25.3 Å². The molecule has 2 rings (SSSR count). The van der Waals surface area contributed by atoms with E-state index in [0.29, 0.717) is 11.6 Å². The summed E-state index contributed by atoms with van der Waals surface area (Å²) in [4.78, 5) is 15.7. The zero-order chi connectivity index (χ0) is 15.2. The molecule has 110 valence electrons. The second-order valence-corrected chi connectivity index (χ2v) is 5.03. The highest BCUT2D eigenvalue weighted by Gasteiger charge is 2.06. The maximum Gasteiger partial charge on any atom is 0.225 e. The molecule has 1 amide bonds. The van der Waals surface area contributed by atoms with E-state index in [0.717, 1.165) is 5.75 Å². The predicted octanol–water partition coefficient (Wildman–Crippen LogP) is 2.86. The monoisotopic (exact) mass is 285 g/mol. The average Bonchev–Trinajstić information content (AvgIpc) is 2.42. The Balaban J connectivity index is 1.95. The highest BCUT2D eigenvalue weighted by Crippen LogP contribution is 2.20. The van der Waals surface area contributed by atoms with Crippen molar-refractivity contribution in [2.24, 2.45) is 5.73 Å². The standard InChI is InChI=1S/C16H19N3O2/c1-11-3-6-14(7-4-11)21-16-8-5-13(10-18-16)19-15(20)9-12(2)17/h3-8,10,12H,9,17H2,1-2H3,(H,19,20). The highest BCUT2D eigenvalue weighted by molar-refractivity contribution is 5.90. The number of aryl methyl sites for hydroxylation is 1. The van der Waals surface area contributed by atoms with Gasteiger partial charge >= 0.3 is 0 Å². The van der Waals surface area contributed by atoms with Gasteiger partial charge in [0.2, 0.25) is 11.8 Å².